The van der Waals surface area contributed by atoms with Crippen LogP contribution in [0.25, 0.3) is 10.6 Å². The van der Waals surface area contributed by atoms with Crippen molar-refractivity contribution in [2.24, 2.45) is 0 Å². The zero-order chi connectivity index (χ0) is 19.9. The Morgan fingerprint density at radius 3 is 2.64 bits per heavy atom. The van der Waals surface area contributed by atoms with Crippen LogP contribution in [-0.2, 0) is 11.8 Å². The first-order chi connectivity index (χ1) is 13.2. The van der Waals surface area contributed by atoms with E-state index in [0.717, 1.165) is 29.6 Å². The van der Waals surface area contributed by atoms with Crippen molar-refractivity contribution < 1.29 is 18.3 Å². The van der Waals surface area contributed by atoms with Crippen molar-refractivity contribution in [2.45, 2.75) is 38.0 Å². The van der Waals surface area contributed by atoms with E-state index in [4.69, 9.17) is 0 Å². The van der Waals surface area contributed by atoms with Crippen LogP contribution in [0.4, 0.5) is 24.9 Å². The van der Waals surface area contributed by atoms with Crippen molar-refractivity contribution in [1.82, 2.24) is 19.9 Å². The summed E-state index contributed by atoms with van der Waals surface area (Å²) >= 11 is 1.35. The molecule has 3 aromatic heterocycles. The molecule has 2 N–H and O–H groups in total. The molecular formula is C18H16F3N5OS. The largest absolute Gasteiger partial charge is 0.416 e. The number of hydrogen-bond donors (Lipinski definition) is 2. The van der Waals surface area contributed by atoms with Crippen LogP contribution in [0.5, 0.6) is 0 Å². The molecule has 3 aromatic rings. The van der Waals surface area contributed by atoms with Crippen molar-refractivity contribution in [3.63, 3.8) is 0 Å². The highest BCUT2D eigenvalue weighted by molar-refractivity contribution is 7.15. The normalized spacial score (nSPS) is 15.9. The summed E-state index contributed by atoms with van der Waals surface area (Å²) < 4.78 is 38.6. The Morgan fingerprint density at radius 1 is 1.18 bits per heavy atom. The smallest absolute Gasteiger partial charge is 0.383 e. The lowest BCUT2D eigenvalue weighted by molar-refractivity contribution is -0.137. The highest BCUT2D eigenvalue weighted by Gasteiger charge is 2.39. The Balaban J connectivity index is 1.61. The summed E-state index contributed by atoms with van der Waals surface area (Å²) in [5.74, 6) is 0.138. The first kappa shape index (κ1) is 18.8. The minimum absolute atomic E-state index is 0.000137. The maximum absolute atomic E-state index is 12.9. The number of alkyl halides is 3. The summed E-state index contributed by atoms with van der Waals surface area (Å²) in [6.07, 6.45) is 0.615. The van der Waals surface area contributed by atoms with Gasteiger partial charge in [0, 0.05) is 18.1 Å². The molecule has 1 saturated carbocycles. The zero-order valence-corrected chi connectivity index (χ0v) is 15.6. The first-order valence-electron chi connectivity index (χ1n) is 8.58. The molecule has 0 radical (unpaired) electrons. The molecule has 10 heteroatoms. The molecule has 0 saturated heterocycles. The number of nitrogens with zero attached hydrogens (tertiary/aromatic N) is 4. The molecule has 0 atom stereocenters. The van der Waals surface area contributed by atoms with Gasteiger partial charge >= 0.3 is 6.18 Å². The second-order valence-electron chi connectivity index (χ2n) is 6.69. The Morgan fingerprint density at radius 2 is 1.96 bits per heavy atom. The molecular weight excluding hydrogens is 391 g/mol. The molecule has 146 valence electrons. The van der Waals surface area contributed by atoms with Crippen LogP contribution >= 0.6 is 11.3 Å². The van der Waals surface area contributed by atoms with E-state index in [1.54, 1.807) is 19.2 Å². The lowest BCUT2D eigenvalue weighted by Gasteiger charge is -2.34. The maximum atomic E-state index is 12.9. The monoisotopic (exact) mass is 407 g/mol. The molecule has 4 rings (SSSR count). The molecule has 3 heterocycles. The predicted octanol–water partition coefficient (Wildman–Crippen LogP) is 4.44. The molecule has 6 nitrogen and oxygen atoms in total. The van der Waals surface area contributed by atoms with Crippen molar-refractivity contribution in [3.8, 4) is 10.6 Å². The van der Waals surface area contributed by atoms with Crippen LogP contribution in [0, 0.1) is 6.92 Å². The maximum Gasteiger partial charge on any atom is 0.416 e. The molecule has 0 amide bonds. The number of aromatic nitrogens is 4. The van der Waals surface area contributed by atoms with Crippen LogP contribution < -0.4 is 5.32 Å². The number of pyridine rings is 1. The van der Waals surface area contributed by atoms with Crippen molar-refractivity contribution in [3.05, 3.63) is 46.9 Å². The van der Waals surface area contributed by atoms with Gasteiger partial charge < -0.3 is 10.4 Å². The van der Waals surface area contributed by atoms with E-state index in [0.29, 0.717) is 29.2 Å². The van der Waals surface area contributed by atoms with E-state index in [1.807, 2.05) is 0 Å². The number of aliphatic hydroxyl groups is 1. The first-order valence-corrected chi connectivity index (χ1v) is 9.40. The molecule has 1 fully saturated rings. The van der Waals surface area contributed by atoms with Crippen LogP contribution in [-0.4, -0.2) is 25.0 Å². The van der Waals surface area contributed by atoms with E-state index in [-0.39, 0.29) is 11.8 Å². The van der Waals surface area contributed by atoms with Gasteiger partial charge in [-0.05, 0) is 44.4 Å². The summed E-state index contributed by atoms with van der Waals surface area (Å²) in [5.41, 5.74) is -0.447. The third-order valence-electron chi connectivity index (χ3n) is 4.52. The van der Waals surface area contributed by atoms with Gasteiger partial charge in [0.15, 0.2) is 0 Å². The molecule has 0 aliphatic heterocycles. The third kappa shape index (κ3) is 3.69. The molecule has 0 aromatic carbocycles. The molecule has 0 bridgehead atoms. The lowest BCUT2D eigenvalue weighted by atomic mass is 9.81. The van der Waals surface area contributed by atoms with Crippen LogP contribution in [0.3, 0.4) is 0 Å². The Kier molecular flexibility index (Phi) is 4.54. The van der Waals surface area contributed by atoms with Gasteiger partial charge in [-0.15, -0.1) is 11.3 Å². The van der Waals surface area contributed by atoms with Gasteiger partial charge in [-0.3, -0.25) is 0 Å². The van der Waals surface area contributed by atoms with Crippen molar-refractivity contribution in [1.29, 1.82) is 0 Å². The predicted molar refractivity (Wildman–Crippen MR) is 98.1 cm³/mol. The number of thiazole rings is 1. The lowest BCUT2D eigenvalue weighted by Crippen LogP contribution is -2.33. The highest BCUT2D eigenvalue weighted by Crippen LogP contribution is 2.44. The number of halogens is 3. The van der Waals surface area contributed by atoms with Gasteiger partial charge in [-0.2, -0.15) is 13.2 Å². The van der Waals surface area contributed by atoms with Gasteiger partial charge in [0.05, 0.1) is 16.1 Å². The standard InChI is InChI=1S/C18H16F3N5OS/c1-10-7-12(13-9-23-15(28-13)17(27)4-2-5-17)25-16(24-10)26-14-8-11(3-6-22-14)18(19,20)21/h3,6-9,27H,2,4-5H2,1H3,(H,22,24,25,26). The Hall–Kier alpha value is -2.59. The Labute approximate surface area is 162 Å². The topological polar surface area (TPSA) is 83.8 Å². The average molecular weight is 407 g/mol. The van der Waals surface area contributed by atoms with E-state index >= 15 is 0 Å². The highest BCUT2D eigenvalue weighted by atomic mass is 32.1. The quantitative estimate of drug-likeness (QED) is 0.665. The van der Waals surface area contributed by atoms with Gasteiger partial charge in [-0.1, -0.05) is 0 Å². The minimum Gasteiger partial charge on any atom is -0.383 e. The van der Waals surface area contributed by atoms with E-state index < -0.39 is 17.3 Å². The number of aryl methyl sites for hydroxylation is 1. The van der Waals surface area contributed by atoms with Crippen molar-refractivity contribution in [2.75, 3.05) is 5.32 Å². The zero-order valence-electron chi connectivity index (χ0n) is 14.8. The van der Waals surface area contributed by atoms with Crippen LogP contribution in [0.2, 0.25) is 0 Å². The fourth-order valence-electron chi connectivity index (χ4n) is 2.87. The molecule has 28 heavy (non-hydrogen) atoms. The number of nitrogens with one attached hydrogen (secondary N) is 1. The van der Waals surface area contributed by atoms with Crippen LogP contribution in [0.1, 0.15) is 35.5 Å². The molecule has 1 aliphatic carbocycles. The van der Waals surface area contributed by atoms with Gasteiger partial charge in [0.1, 0.15) is 16.4 Å². The minimum atomic E-state index is -4.46. The fourth-order valence-corrected chi connectivity index (χ4v) is 3.90. The van der Waals surface area contributed by atoms with E-state index in [1.165, 1.54) is 11.3 Å². The molecule has 0 spiro atoms. The third-order valence-corrected chi connectivity index (χ3v) is 5.73. The molecule has 1 aliphatic rings. The number of hydrogen-bond acceptors (Lipinski definition) is 7. The summed E-state index contributed by atoms with van der Waals surface area (Å²) in [5, 5.41) is 13.8. The second-order valence-corrected chi connectivity index (χ2v) is 7.72. The van der Waals surface area contributed by atoms with E-state index in [9.17, 15) is 18.3 Å². The summed E-state index contributed by atoms with van der Waals surface area (Å²) in [4.78, 5) is 17.6. The number of rotatable bonds is 4. The summed E-state index contributed by atoms with van der Waals surface area (Å²) in [7, 11) is 0. The number of anilines is 2. The van der Waals surface area contributed by atoms with Gasteiger partial charge in [0.2, 0.25) is 5.95 Å². The fraction of sp³-hybridized carbons (Fsp3) is 0.333. The molecule has 0 unspecified atom stereocenters. The summed E-state index contributed by atoms with van der Waals surface area (Å²) in [6.45, 7) is 1.76. The van der Waals surface area contributed by atoms with Crippen LogP contribution in [0.15, 0.2) is 30.6 Å². The SMILES string of the molecule is Cc1cc(-c2cnc(C3(O)CCC3)s2)nc(Nc2cc(C(F)(F)F)ccn2)n1. The average Bonchev–Trinajstić information content (AvgIpc) is 3.09. The second kappa shape index (κ2) is 6.78. The van der Waals surface area contributed by atoms with Crippen molar-refractivity contribution >= 4 is 23.1 Å². The Bertz CT molecular complexity index is 1020. The van der Waals surface area contributed by atoms with Gasteiger partial charge in [0.25, 0.3) is 0 Å². The van der Waals surface area contributed by atoms with E-state index in [2.05, 4.69) is 25.3 Å². The summed E-state index contributed by atoms with van der Waals surface area (Å²) in [6, 6.07) is 3.56. The van der Waals surface area contributed by atoms with Gasteiger partial charge in [-0.25, -0.2) is 19.9 Å².